The van der Waals surface area contributed by atoms with Crippen molar-refractivity contribution in [1.29, 1.82) is 0 Å². The fourth-order valence-corrected chi connectivity index (χ4v) is 3.09. The average molecular weight is 342 g/mol. The molecule has 0 aliphatic carbocycles. The van der Waals surface area contributed by atoms with E-state index >= 15 is 0 Å². The van der Waals surface area contributed by atoms with Gasteiger partial charge in [0.25, 0.3) is 0 Å². The Morgan fingerprint density at radius 2 is 1.56 bits per heavy atom. The minimum atomic E-state index is -0.803. The first kappa shape index (κ1) is 18.1. The second kappa shape index (κ2) is 9.11. The molecule has 0 radical (unpaired) electrons. The van der Waals surface area contributed by atoms with E-state index in [1.54, 1.807) is 0 Å². The second-order valence-corrected chi connectivity index (χ2v) is 6.56. The van der Waals surface area contributed by atoms with Crippen molar-refractivity contribution in [2.45, 2.75) is 45.1 Å². The molecule has 1 N–H and O–H groups in total. The molecular weight excluding hydrogens is 316 g/mol. The van der Waals surface area contributed by atoms with E-state index in [2.05, 4.69) is 6.92 Å². The molecule has 1 fully saturated rings. The summed E-state index contributed by atoms with van der Waals surface area (Å²) in [6, 6.07) is 20.1. The van der Waals surface area contributed by atoms with E-state index in [-0.39, 0.29) is 18.1 Å². The Bertz CT molecular complexity index is 616. The molecule has 0 spiro atoms. The number of hydrogen-bond acceptors (Lipinski definition) is 4. The minimum Gasteiger partial charge on any atom is -0.374 e. The summed E-state index contributed by atoms with van der Waals surface area (Å²) in [6.45, 7) is 3.62. The number of ether oxygens (including phenoxy) is 3. The van der Waals surface area contributed by atoms with E-state index in [1.807, 2.05) is 60.7 Å². The molecule has 25 heavy (non-hydrogen) atoms. The van der Waals surface area contributed by atoms with E-state index < -0.39 is 6.29 Å². The molecule has 4 unspecified atom stereocenters. The van der Waals surface area contributed by atoms with Crippen molar-refractivity contribution in [2.24, 2.45) is 5.92 Å². The lowest BCUT2D eigenvalue weighted by molar-refractivity contribution is -0.233. The van der Waals surface area contributed by atoms with Gasteiger partial charge in [0.15, 0.2) is 6.29 Å². The Morgan fingerprint density at radius 3 is 2.20 bits per heavy atom. The summed E-state index contributed by atoms with van der Waals surface area (Å²) in [6.07, 6.45) is -0.534. The molecule has 3 rings (SSSR count). The first-order valence-electron chi connectivity index (χ1n) is 8.83. The average Bonchev–Trinajstić information content (AvgIpc) is 2.65. The summed E-state index contributed by atoms with van der Waals surface area (Å²) in [4.78, 5) is 0. The molecule has 0 bridgehead atoms. The van der Waals surface area contributed by atoms with Gasteiger partial charge in [0.05, 0.1) is 32.0 Å². The van der Waals surface area contributed by atoms with Crippen molar-refractivity contribution in [1.82, 2.24) is 0 Å². The molecule has 0 amide bonds. The first-order valence-corrected chi connectivity index (χ1v) is 8.83. The molecule has 134 valence electrons. The van der Waals surface area contributed by atoms with Crippen LogP contribution in [0, 0.1) is 5.92 Å². The van der Waals surface area contributed by atoms with Gasteiger partial charge in [-0.3, -0.25) is 0 Å². The largest absolute Gasteiger partial charge is 0.374 e. The lowest BCUT2D eigenvalue weighted by Crippen LogP contribution is -2.46. The van der Waals surface area contributed by atoms with Crippen LogP contribution < -0.4 is 0 Å². The van der Waals surface area contributed by atoms with Gasteiger partial charge in [-0.2, -0.15) is 0 Å². The molecule has 0 saturated carbocycles. The minimum absolute atomic E-state index is 0.0470. The van der Waals surface area contributed by atoms with Crippen LogP contribution in [-0.2, 0) is 27.4 Å². The zero-order valence-corrected chi connectivity index (χ0v) is 14.6. The molecule has 2 aromatic rings. The molecule has 2 aromatic carbocycles. The van der Waals surface area contributed by atoms with Gasteiger partial charge in [0, 0.05) is 12.3 Å². The van der Waals surface area contributed by atoms with Crippen LogP contribution in [0.1, 0.15) is 24.5 Å². The Labute approximate surface area is 149 Å². The van der Waals surface area contributed by atoms with Gasteiger partial charge in [0.1, 0.15) is 0 Å². The highest BCUT2D eigenvalue weighted by Crippen LogP contribution is 2.28. The summed E-state index contributed by atoms with van der Waals surface area (Å²) in [5.74, 6) is 0.155. The predicted octanol–water partition coefficient (Wildman–Crippen LogP) is 3.53. The highest BCUT2D eigenvalue weighted by molar-refractivity contribution is 5.14. The number of aliphatic hydroxyl groups excluding tert-OH is 1. The normalized spacial score (nSPS) is 26.5. The molecule has 4 heteroatoms. The van der Waals surface area contributed by atoms with Crippen LogP contribution in [0.4, 0.5) is 0 Å². The summed E-state index contributed by atoms with van der Waals surface area (Å²) in [5, 5.41) is 10.0. The fourth-order valence-electron chi connectivity index (χ4n) is 3.09. The smallest absolute Gasteiger partial charge is 0.157 e. The van der Waals surface area contributed by atoms with E-state index in [0.717, 1.165) is 11.1 Å². The van der Waals surface area contributed by atoms with Gasteiger partial charge >= 0.3 is 0 Å². The maximum atomic E-state index is 10.0. The van der Waals surface area contributed by atoms with Crippen molar-refractivity contribution in [2.75, 3.05) is 6.61 Å². The third-order valence-corrected chi connectivity index (χ3v) is 4.64. The maximum Gasteiger partial charge on any atom is 0.157 e. The number of benzene rings is 2. The van der Waals surface area contributed by atoms with E-state index in [9.17, 15) is 5.11 Å². The topological polar surface area (TPSA) is 47.9 Å². The zero-order valence-electron chi connectivity index (χ0n) is 14.6. The quantitative estimate of drug-likeness (QED) is 0.836. The predicted molar refractivity (Wildman–Crippen MR) is 95.8 cm³/mol. The van der Waals surface area contributed by atoms with Gasteiger partial charge < -0.3 is 19.3 Å². The van der Waals surface area contributed by atoms with Gasteiger partial charge in [-0.15, -0.1) is 0 Å². The van der Waals surface area contributed by atoms with E-state index in [1.165, 1.54) is 0 Å². The van der Waals surface area contributed by atoms with Crippen molar-refractivity contribution in [3.63, 3.8) is 0 Å². The molecular formula is C21H26O4. The van der Waals surface area contributed by atoms with Crippen LogP contribution in [0.3, 0.4) is 0 Å². The first-order chi connectivity index (χ1) is 12.2. The lowest BCUT2D eigenvalue weighted by atomic mass is 9.92. The van der Waals surface area contributed by atoms with Gasteiger partial charge in [-0.05, 0) is 11.1 Å². The zero-order chi connectivity index (χ0) is 17.5. The molecule has 4 atom stereocenters. The van der Waals surface area contributed by atoms with Crippen LogP contribution in [-0.4, -0.2) is 30.2 Å². The molecule has 1 aliphatic heterocycles. The Morgan fingerprint density at radius 1 is 0.960 bits per heavy atom. The monoisotopic (exact) mass is 342 g/mol. The van der Waals surface area contributed by atoms with Crippen molar-refractivity contribution < 1.29 is 19.3 Å². The van der Waals surface area contributed by atoms with Gasteiger partial charge in [0.2, 0.25) is 0 Å². The second-order valence-electron chi connectivity index (χ2n) is 6.56. The number of hydrogen-bond donors (Lipinski definition) is 1. The summed E-state index contributed by atoms with van der Waals surface area (Å²) < 4.78 is 17.5. The third kappa shape index (κ3) is 5.38. The van der Waals surface area contributed by atoms with Crippen molar-refractivity contribution in [3.8, 4) is 0 Å². The van der Waals surface area contributed by atoms with E-state index in [0.29, 0.717) is 26.2 Å². The molecule has 1 heterocycles. The molecule has 1 saturated heterocycles. The van der Waals surface area contributed by atoms with Crippen molar-refractivity contribution >= 4 is 0 Å². The maximum absolute atomic E-state index is 10.0. The Hall–Kier alpha value is -1.72. The molecule has 0 aromatic heterocycles. The summed E-state index contributed by atoms with van der Waals surface area (Å²) in [7, 11) is 0. The summed E-state index contributed by atoms with van der Waals surface area (Å²) >= 11 is 0. The van der Waals surface area contributed by atoms with Crippen LogP contribution in [0.15, 0.2) is 60.7 Å². The van der Waals surface area contributed by atoms with Gasteiger partial charge in [-0.25, -0.2) is 0 Å². The summed E-state index contributed by atoms with van der Waals surface area (Å²) in [5.41, 5.74) is 2.26. The van der Waals surface area contributed by atoms with Crippen LogP contribution in [0.5, 0.6) is 0 Å². The third-order valence-electron chi connectivity index (χ3n) is 4.64. The fraction of sp³-hybridized carbons (Fsp3) is 0.429. The van der Waals surface area contributed by atoms with Crippen LogP contribution in [0.25, 0.3) is 0 Å². The van der Waals surface area contributed by atoms with E-state index in [4.69, 9.17) is 14.2 Å². The van der Waals surface area contributed by atoms with Crippen molar-refractivity contribution in [3.05, 3.63) is 71.8 Å². The van der Waals surface area contributed by atoms with Crippen LogP contribution in [0.2, 0.25) is 0 Å². The molecule has 4 nitrogen and oxygen atoms in total. The standard InChI is InChI=1S/C21H26O4/c1-16-19(24-14-18-10-6-3-7-11-18)12-21(22)25-20(16)15-23-13-17-8-4-2-5-9-17/h2-11,16,19-22H,12-15H2,1H3. The molecule has 1 aliphatic rings. The number of rotatable bonds is 7. The Kier molecular flexibility index (Phi) is 6.59. The highest BCUT2D eigenvalue weighted by Gasteiger charge is 2.36. The van der Waals surface area contributed by atoms with Crippen LogP contribution >= 0.6 is 0 Å². The van der Waals surface area contributed by atoms with Gasteiger partial charge in [-0.1, -0.05) is 67.6 Å². The lowest BCUT2D eigenvalue weighted by Gasteiger charge is -2.38. The highest BCUT2D eigenvalue weighted by atomic mass is 16.6. The number of aliphatic hydroxyl groups is 1. The SMILES string of the molecule is CC1C(OCc2ccccc2)CC(O)OC1COCc1ccccc1. The Balaban J connectivity index is 1.49.